The van der Waals surface area contributed by atoms with E-state index in [-0.39, 0.29) is 34.0 Å². The number of allylic oxidation sites excluding steroid dienone is 1. The Hall–Kier alpha value is -4.15. The van der Waals surface area contributed by atoms with Gasteiger partial charge in [0, 0.05) is 39.3 Å². The third-order valence-corrected chi connectivity index (χ3v) is 12.3. The third kappa shape index (κ3) is 3.96. The molecule has 4 aliphatic heterocycles. The van der Waals surface area contributed by atoms with Crippen LogP contribution in [0.2, 0.25) is 10.0 Å². The second-order valence-corrected chi connectivity index (χ2v) is 14.4. The Balaban J connectivity index is 1.43. The number of nitrogens with one attached hydrogen (secondary N) is 1. The fourth-order valence-corrected chi connectivity index (χ4v) is 10.6. The summed E-state index contributed by atoms with van der Waals surface area (Å²) in [5.74, 6) is -1.76. The molecule has 0 aromatic heterocycles. The van der Waals surface area contributed by atoms with Crippen molar-refractivity contribution in [2.24, 2.45) is 4.99 Å². The number of fused-ring (bicyclic) bond motifs is 5. The van der Waals surface area contributed by atoms with Crippen molar-refractivity contribution in [1.29, 1.82) is 0 Å². The number of para-hydroxylation sites is 1. The number of amidine groups is 1. The number of carbonyl (C=O) groups excluding carboxylic acids is 3. The number of likely N-dealkylation sites (tertiary alicyclic amines) is 1. The van der Waals surface area contributed by atoms with Gasteiger partial charge in [-0.3, -0.25) is 19.4 Å². The number of hydrogen-bond donors (Lipinski definition) is 1. The van der Waals surface area contributed by atoms with Crippen LogP contribution in [0, 0.1) is 0 Å². The molecule has 0 unspecified atom stereocenters. The molecule has 4 aliphatic rings. The summed E-state index contributed by atoms with van der Waals surface area (Å²) in [5, 5.41) is 6.06. The van der Waals surface area contributed by atoms with Crippen LogP contribution in [0.25, 0.3) is 10.8 Å². The first-order valence-electron chi connectivity index (χ1n) is 15.7. The average Bonchev–Trinajstić information content (AvgIpc) is 3.63. The highest BCUT2D eigenvalue weighted by Gasteiger charge is 2.79. The Morgan fingerprint density at radius 2 is 1.69 bits per heavy atom. The van der Waals surface area contributed by atoms with Crippen LogP contribution in [0.3, 0.4) is 0 Å². The Morgan fingerprint density at radius 3 is 2.46 bits per heavy atom. The van der Waals surface area contributed by atoms with Gasteiger partial charge < -0.3 is 10.1 Å². The summed E-state index contributed by atoms with van der Waals surface area (Å²) in [7, 11) is 1.90. The normalized spacial score (nSPS) is 26.4. The van der Waals surface area contributed by atoms with Crippen molar-refractivity contribution >= 4 is 74.4 Å². The minimum Gasteiger partial charge on any atom is -0.463 e. The Labute approximate surface area is 291 Å². The maximum Gasteiger partial charge on any atom is 0.338 e. The summed E-state index contributed by atoms with van der Waals surface area (Å²) in [6.07, 6.45) is 0. The summed E-state index contributed by atoms with van der Waals surface area (Å²) in [6.45, 7) is 3.96. The van der Waals surface area contributed by atoms with Crippen molar-refractivity contribution in [3.63, 3.8) is 0 Å². The van der Waals surface area contributed by atoms with Crippen LogP contribution in [0.5, 0.6) is 0 Å². The van der Waals surface area contributed by atoms with E-state index in [1.165, 1.54) is 16.7 Å². The molecular weight excluding hydrogens is 667 g/mol. The lowest BCUT2D eigenvalue weighted by atomic mass is 9.71. The van der Waals surface area contributed by atoms with E-state index >= 15 is 4.79 Å². The number of benzene rings is 4. The van der Waals surface area contributed by atoms with E-state index in [1.54, 1.807) is 32.0 Å². The molecule has 242 valence electrons. The van der Waals surface area contributed by atoms with Gasteiger partial charge in [-0.15, -0.1) is 0 Å². The van der Waals surface area contributed by atoms with Crippen LogP contribution in [0.4, 0.5) is 5.69 Å². The molecule has 8 rings (SSSR count). The molecule has 1 N–H and O–H groups in total. The van der Waals surface area contributed by atoms with Gasteiger partial charge in [0.15, 0.2) is 10.7 Å². The van der Waals surface area contributed by atoms with Crippen LogP contribution in [-0.2, 0) is 24.7 Å². The molecule has 4 heterocycles. The molecule has 2 amide bonds. The van der Waals surface area contributed by atoms with Gasteiger partial charge in [-0.25, -0.2) is 9.79 Å². The van der Waals surface area contributed by atoms with Crippen LogP contribution in [0.1, 0.15) is 42.5 Å². The minimum atomic E-state index is -1.46. The van der Waals surface area contributed by atoms with Gasteiger partial charge in [-0.05, 0) is 55.4 Å². The molecule has 11 heteroatoms. The maximum atomic E-state index is 15.9. The number of likely N-dealkylation sites (N-methyl/N-ethyl adjacent to an activating group) is 1. The monoisotopic (exact) mass is 696 g/mol. The molecule has 4 atom stereocenters. The van der Waals surface area contributed by atoms with E-state index in [0.29, 0.717) is 34.2 Å². The minimum absolute atomic E-state index is 0.121. The lowest BCUT2D eigenvalue weighted by Gasteiger charge is -2.42. The third-order valence-electron chi connectivity index (χ3n) is 10.1. The smallest absolute Gasteiger partial charge is 0.338 e. The summed E-state index contributed by atoms with van der Waals surface area (Å²) < 4.78 is 4.07. The zero-order valence-electron chi connectivity index (χ0n) is 26.3. The molecule has 2 spiro atoms. The summed E-state index contributed by atoms with van der Waals surface area (Å²) in [4.78, 5) is 52.8. The predicted molar refractivity (Wildman–Crippen MR) is 189 cm³/mol. The summed E-state index contributed by atoms with van der Waals surface area (Å²) >= 11 is 15.0. The fraction of sp³-hybridized carbons (Fsp3) is 0.243. The number of aliphatic imine (C=N–C) groups is 1. The number of anilines is 1. The first-order valence-corrected chi connectivity index (χ1v) is 17.3. The van der Waals surface area contributed by atoms with Crippen molar-refractivity contribution in [2.75, 3.05) is 25.5 Å². The molecule has 48 heavy (non-hydrogen) atoms. The van der Waals surface area contributed by atoms with Gasteiger partial charge in [0.2, 0.25) is 5.91 Å². The summed E-state index contributed by atoms with van der Waals surface area (Å²) in [6, 6.07) is 25.7. The highest BCUT2D eigenvalue weighted by Crippen LogP contribution is 2.67. The van der Waals surface area contributed by atoms with Gasteiger partial charge in [0.05, 0.1) is 17.9 Å². The SMILES string of the molecule is CCOC(=O)C1=C(C)N=C2S[C@@]3(C(=O)N2[C@@H]1c1c(Cl)cccc1Cl)[C@@H](c1cccc2ccccc12)CN(C)[C@@]31C(=O)Nc2ccccc21. The quantitative estimate of drug-likeness (QED) is 0.226. The molecule has 4 aromatic rings. The van der Waals surface area contributed by atoms with Gasteiger partial charge in [0.1, 0.15) is 10.8 Å². The van der Waals surface area contributed by atoms with Crippen LogP contribution >= 0.6 is 35.0 Å². The highest BCUT2D eigenvalue weighted by atomic mass is 35.5. The molecule has 4 aromatic carbocycles. The highest BCUT2D eigenvalue weighted by molar-refractivity contribution is 8.16. The largest absolute Gasteiger partial charge is 0.463 e. The van der Waals surface area contributed by atoms with E-state index in [1.807, 2.05) is 72.6 Å². The molecular formula is C37H30Cl2N4O4S. The first-order chi connectivity index (χ1) is 23.2. The van der Waals surface area contributed by atoms with E-state index in [0.717, 1.165) is 16.3 Å². The van der Waals surface area contributed by atoms with Gasteiger partial charge in [-0.2, -0.15) is 0 Å². The zero-order valence-corrected chi connectivity index (χ0v) is 28.6. The van der Waals surface area contributed by atoms with Crippen molar-refractivity contribution in [3.8, 4) is 0 Å². The second kappa shape index (κ2) is 11.2. The zero-order chi connectivity index (χ0) is 33.5. The fourth-order valence-electron chi connectivity index (χ4n) is 8.24. The van der Waals surface area contributed by atoms with Crippen LogP contribution < -0.4 is 5.32 Å². The van der Waals surface area contributed by atoms with Crippen LogP contribution in [0.15, 0.2) is 101 Å². The molecule has 0 aliphatic carbocycles. The number of ether oxygens (including phenoxy) is 1. The molecule has 0 saturated carbocycles. The number of thioether (sulfide) groups is 1. The van der Waals surface area contributed by atoms with Crippen LogP contribution in [-0.4, -0.2) is 57.7 Å². The number of amides is 2. The van der Waals surface area contributed by atoms with E-state index in [2.05, 4.69) is 11.4 Å². The van der Waals surface area contributed by atoms with Gasteiger partial charge in [0.25, 0.3) is 5.91 Å². The topological polar surface area (TPSA) is 91.3 Å². The van der Waals surface area contributed by atoms with Gasteiger partial charge in [-0.1, -0.05) is 102 Å². The molecule has 0 radical (unpaired) electrons. The Bertz CT molecular complexity index is 2130. The molecule has 8 nitrogen and oxygen atoms in total. The first kappa shape index (κ1) is 31.1. The van der Waals surface area contributed by atoms with Crippen molar-refractivity contribution in [1.82, 2.24) is 9.80 Å². The van der Waals surface area contributed by atoms with E-state index in [9.17, 15) is 9.59 Å². The van der Waals surface area contributed by atoms with Crippen molar-refractivity contribution in [3.05, 3.63) is 123 Å². The lowest BCUT2D eigenvalue weighted by Crippen LogP contribution is -2.62. The number of rotatable bonds is 4. The number of carbonyl (C=O) groups is 3. The lowest BCUT2D eigenvalue weighted by molar-refractivity contribution is -0.141. The second-order valence-electron chi connectivity index (χ2n) is 12.4. The van der Waals surface area contributed by atoms with E-state index in [4.69, 9.17) is 32.9 Å². The average molecular weight is 698 g/mol. The van der Waals surface area contributed by atoms with E-state index < -0.39 is 28.2 Å². The Morgan fingerprint density at radius 1 is 1.00 bits per heavy atom. The Kier molecular flexibility index (Phi) is 7.27. The van der Waals surface area contributed by atoms with Crippen molar-refractivity contribution in [2.45, 2.75) is 36.1 Å². The number of halogens is 2. The molecule has 0 bridgehead atoms. The maximum absolute atomic E-state index is 15.9. The number of hydrogen-bond acceptors (Lipinski definition) is 7. The van der Waals surface area contributed by atoms with Gasteiger partial charge >= 0.3 is 5.97 Å². The molecule has 2 fully saturated rings. The van der Waals surface area contributed by atoms with Crippen molar-refractivity contribution < 1.29 is 19.1 Å². The standard InChI is InChI=1S/C37H30Cl2N4O4S/c1-4-47-32(44)29-20(2)40-35-43(31(29)30-26(38)16-10-17-27(30)39)34(46)37(48-35)25(23-14-9-12-21-11-5-6-13-22(21)23)19-42(3)36(37)24-15-7-8-18-28(24)41-33(36)45/h5-18,25,31H,4,19H2,1-3H3,(H,41,45)/t25-,31+,36+,37-/m1/s1. The number of nitrogens with zero attached hydrogens (tertiary/aromatic N) is 3. The predicted octanol–water partition coefficient (Wildman–Crippen LogP) is 7.29. The summed E-state index contributed by atoms with van der Waals surface area (Å²) in [5.41, 5.74) is 1.82. The number of esters is 1. The molecule has 2 saturated heterocycles.